The van der Waals surface area contributed by atoms with E-state index >= 15 is 0 Å². The fourth-order valence-corrected chi connectivity index (χ4v) is 3.82. The molecular formula is C25H30N4O6. The van der Waals surface area contributed by atoms with Gasteiger partial charge in [0.15, 0.2) is 0 Å². The Morgan fingerprint density at radius 3 is 2.51 bits per heavy atom. The van der Waals surface area contributed by atoms with Crippen molar-refractivity contribution in [3.05, 3.63) is 58.2 Å². The first-order chi connectivity index (χ1) is 16.9. The molecule has 10 heteroatoms. The first kappa shape index (κ1) is 25.5. The molecule has 0 bridgehead atoms. The van der Waals surface area contributed by atoms with Crippen molar-refractivity contribution in [1.82, 2.24) is 15.6 Å². The molecule has 1 aliphatic carbocycles. The van der Waals surface area contributed by atoms with Crippen molar-refractivity contribution >= 4 is 36.0 Å². The summed E-state index contributed by atoms with van der Waals surface area (Å²) in [6.07, 6.45) is 6.93. The van der Waals surface area contributed by atoms with Gasteiger partial charge in [0.2, 0.25) is 11.8 Å². The van der Waals surface area contributed by atoms with Crippen LogP contribution in [0.15, 0.2) is 36.5 Å². The van der Waals surface area contributed by atoms with Crippen LogP contribution in [0.2, 0.25) is 0 Å². The lowest BCUT2D eigenvalue weighted by Gasteiger charge is -2.22. The average molecular weight is 483 g/mol. The number of aromatic amines is 1. The van der Waals surface area contributed by atoms with Crippen LogP contribution in [0.4, 0.5) is 4.79 Å². The molecule has 2 aromatic rings. The van der Waals surface area contributed by atoms with Gasteiger partial charge in [0, 0.05) is 24.4 Å². The standard InChI is InChI=1S/C25H30N4O6/c1-34-24(32)21(13-17-14-27-19-10-6-5-9-18(17)19)28-23(31)20(11-12-22(26)30)29-25(33)35-15-16-7-3-2-4-8-16/h2-4,7-10,14,20-21,27H,5-6,11-13,15H2,1H3,(H2,26,30)(H,28,31)(H,29,33)/t20-,21+/m0/s1. The van der Waals surface area contributed by atoms with Gasteiger partial charge >= 0.3 is 12.1 Å². The number of esters is 1. The van der Waals surface area contributed by atoms with Gasteiger partial charge in [0.25, 0.3) is 0 Å². The number of nitrogens with two attached hydrogens (primary N) is 1. The maximum atomic E-state index is 13.1. The van der Waals surface area contributed by atoms with Crippen LogP contribution in [-0.4, -0.2) is 48.1 Å². The molecule has 0 radical (unpaired) electrons. The van der Waals surface area contributed by atoms with Gasteiger partial charge in [-0.3, -0.25) is 9.59 Å². The van der Waals surface area contributed by atoms with Crippen LogP contribution >= 0.6 is 0 Å². The van der Waals surface area contributed by atoms with Crippen LogP contribution in [0.1, 0.15) is 36.8 Å². The molecule has 0 spiro atoms. The second kappa shape index (κ2) is 12.4. The zero-order valence-electron chi connectivity index (χ0n) is 19.5. The van der Waals surface area contributed by atoms with Crippen LogP contribution in [0, 0.1) is 0 Å². The lowest BCUT2D eigenvalue weighted by molar-refractivity contribution is -0.145. The maximum absolute atomic E-state index is 13.1. The number of fused-ring (bicyclic) bond motifs is 1. The number of methoxy groups -OCH3 is 1. The van der Waals surface area contributed by atoms with E-state index in [2.05, 4.69) is 27.8 Å². The van der Waals surface area contributed by atoms with E-state index < -0.39 is 36.0 Å². The van der Waals surface area contributed by atoms with Crippen molar-refractivity contribution in [3.8, 4) is 0 Å². The molecule has 1 heterocycles. The van der Waals surface area contributed by atoms with E-state index in [9.17, 15) is 19.2 Å². The molecule has 5 N–H and O–H groups in total. The largest absolute Gasteiger partial charge is 0.467 e. The number of carbonyl (C=O) groups is 4. The van der Waals surface area contributed by atoms with Crippen molar-refractivity contribution in [3.63, 3.8) is 0 Å². The molecule has 2 atom stereocenters. The van der Waals surface area contributed by atoms with E-state index in [1.54, 1.807) is 18.3 Å². The Morgan fingerprint density at radius 2 is 1.80 bits per heavy atom. The van der Waals surface area contributed by atoms with Crippen molar-refractivity contribution in [2.75, 3.05) is 7.11 Å². The zero-order chi connectivity index (χ0) is 25.2. The van der Waals surface area contributed by atoms with Gasteiger partial charge < -0.3 is 30.8 Å². The second-order valence-corrected chi connectivity index (χ2v) is 8.18. The fourth-order valence-electron chi connectivity index (χ4n) is 3.82. The van der Waals surface area contributed by atoms with Gasteiger partial charge in [-0.2, -0.15) is 0 Å². The number of hydrogen-bond donors (Lipinski definition) is 4. The van der Waals surface area contributed by atoms with Crippen LogP contribution in [0.3, 0.4) is 0 Å². The van der Waals surface area contributed by atoms with Crippen molar-refractivity contribution in [2.24, 2.45) is 5.73 Å². The minimum Gasteiger partial charge on any atom is -0.467 e. The summed E-state index contributed by atoms with van der Waals surface area (Å²) in [7, 11) is 1.23. The van der Waals surface area contributed by atoms with Crippen LogP contribution < -0.4 is 26.9 Å². The number of alkyl carbamates (subject to hydrolysis) is 1. The minimum atomic E-state index is -1.14. The van der Waals surface area contributed by atoms with Crippen molar-refractivity contribution in [1.29, 1.82) is 0 Å². The van der Waals surface area contributed by atoms with E-state index in [1.165, 1.54) is 7.11 Å². The number of ether oxygens (including phenoxy) is 2. The fraction of sp³-hybridized carbons (Fsp3) is 0.360. The number of benzene rings is 1. The molecule has 35 heavy (non-hydrogen) atoms. The molecule has 3 amide bonds. The molecular weight excluding hydrogens is 452 g/mol. The summed E-state index contributed by atoms with van der Waals surface area (Å²) in [5, 5.41) is 7.07. The quantitative estimate of drug-likeness (QED) is 0.334. The number of rotatable bonds is 11. The number of hydrogen-bond acceptors (Lipinski definition) is 6. The molecule has 1 aromatic heterocycles. The van der Waals surface area contributed by atoms with Crippen LogP contribution in [0.5, 0.6) is 0 Å². The summed E-state index contributed by atoms with van der Waals surface area (Å²) in [6.45, 7) is 0.00767. The van der Waals surface area contributed by atoms with E-state index in [1.807, 2.05) is 18.2 Å². The highest BCUT2D eigenvalue weighted by molar-refractivity contribution is 5.90. The first-order valence-electron chi connectivity index (χ1n) is 11.4. The third-order valence-electron chi connectivity index (χ3n) is 5.63. The Kier molecular flexibility index (Phi) is 9.05. The molecule has 0 unspecified atom stereocenters. The Hall–Kier alpha value is -4.08. The number of aromatic nitrogens is 1. The molecule has 0 saturated carbocycles. The van der Waals surface area contributed by atoms with Gasteiger partial charge in [0.1, 0.15) is 18.7 Å². The summed E-state index contributed by atoms with van der Waals surface area (Å²) in [4.78, 5) is 52.3. The third-order valence-corrected chi connectivity index (χ3v) is 5.63. The first-order valence-corrected chi connectivity index (χ1v) is 11.4. The third kappa shape index (κ3) is 7.46. The Bertz CT molecular complexity index is 1170. The summed E-state index contributed by atoms with van der Waals surface area (Å²) in [5.74, 6) is -1.91. The number of H-pyrrole nitrogens is 1. The Morgan fingerprint density at radius 1 is 1.06 bits per heavy atom. The lowest BCUT2D eigenvalue weighted by atomic mass is 10.0. The van der Waals surface area contributed by atoms with Gasteiger partial charge in [-0.1, -0.05) is 42.5 Å². The maximum Gasteiger partial charge on any atom is 0.408 e. The van der Waals surface area contributed by atoms with E-state index in [0.717, 1.165) is 34.5 Å². The summed E-state index contributed by atoms with van der Waals surface area (Å²) < 4.78 is 10.1. The molecule has 1 aromatic carbocycles. The number of nitrogens with one attached hydrogen (secondary N) is 3. The van der Waals surface area contributed by atoms with Crippen LogP contribution in [-0.2, 0) is 36.9 Å². The second-order valence-electron chi connectivity index (χ2n) is 8.18. The summed E-state index contributed by atoms with van der Waals surface area (Å²) in [6, 6.07) is 6.90. The van der Waals surface area contributed by atoms with Crippen LogP contribution in [0.25, 0.3) is 12.2 Å². The number of primary amides is 1. The lowest BCUT2D eigenvalue weighted by Crippen LogP contribution is -2.53. The zero-order valence-corrected chi connectivity index (χ0v) is 19.5. The molecule has 1 aliphatic rings. The van der Waals surface area contributed by atoms with E-state index in [-0.39, 0.29) is 25.9 Å². The van der Waals surface area contributed by atoms with Gasteiger partial charge in [-0.15, -0.1) is 0 Å². The normalized spacial score (nSPS) is 13.7. The molecule has 186 valence electrons. The minimum absolute atomic E-state index is 0.00767. The monoisotopic (exact) mass is 482 g/mol. The van der Waals surface area contributed by atoms with Crippen molar-refractivity contribution < 1.29 is 28.7 Å². The SMILES string of the molecule is COC(=O)[C@@H](Cc1c[nH]c2c1=CCCC=2)NC(=O)[C@H](CCC(N)=O)NC(=O)OCc1ccccc1. The van der Waals surface area contributed by atoms with Crippen molar-refractivity contribution in [2.45, 2.75) is 50.8 Å². The molecule has 3 rings (SSSR count). The topological polar surface area (TPSA) is 153 Å². The number of amides is 3. The summed E-state index contributed by atoms with van der Waals surface area (Å²) in [5.41, 5.74) is 6.86. The molecule has 0 aliphatic heterocycles. The van der Waals surface area contributed by atoms with Gasteiger partial charge in [0.05, 0.1) is 7.11 Å². The molecule has 0 fully saturated rings. The predicted molar refractivity (Wildman–Crippen MR) is 128 cm³/mol. The van der Waals surface area contributed by atoms with Gasteiger partial charge in [-0.25, -0.2) is 9.59 Å². The average Bonchev–Trinajstić information content (AvgIpc) is 3.27. The van der Waals surface area contributed by atoms with E-state index in [0.29, 0.717) is 0 Å². The van der Waals surface area contributed by atoms with E-state index in [4.69, 9.17) is 15.2 Å². The highest BCUT2D eigenvalue weighted by Gasteiger charge is 2.28. The highest BCUT2D eigenvalue weighted by Crippen LogP contribution is 2.06. The smallest absolute Gasteiger partial charge is 0.408 e. The Labute approximate surface area is 202 Å². The molecule has 0 saturated heterocycles. The number of carbonyl (C=O) groups excluding carboxylic acids is 4. The predicted octanol–water partition coefficient (Wildman–Crippen LogP) is 0.130. The highest BCUT2D eigenvalue weighted by atomic mass is 16.5. The molecule has 10 nitrogen and oxygen atoms in total. The van der Waals surface area contributed by atoms with Gasteiger partial charge in [-0.05, 0) is 35.6 Å². The summed E-state index contributed by atoms with van der Waals surface area (Å²) >= 11 is 0. The Balaban J connectivity index is 1.69.